The van der Waals surface area contributed by atoms with Crippen molar-refractivity contribution in [1.29, 1.82) is 0 Å². The monoisotopic (exact) mass is 310 g/mol. The van der Waals surface area contributed by atoms with Gasteiger partial charge in [-0.15, -0.1) is 0 Å². The number of nitrogens with one attached hydrogen (secondary N) is 1. The number of sulfone groups is 1. The molecule has 1 atom stereocenters. The molecule has 7 nitrogen and oxygen atoms in total. The molecule has 2 aliphatic rings. The highest BCUT2D eigenvalue weighted by atomic mass is 32.2. The highest BCUT2D eigenvalue weighted by Gasteiger charge is 2.36. The molecule has 2 N–H and O–H groups in total. The van der Waals surface area contributed by atoms with E-state index in [1.807, 2.05) is 0 Å². The fourth-order valence-corrected chi connectivity index (χ4v) is 4.47. The van der Waals surface area contributed by atoms with E-state index in [1.165, 1.54) is 12.1 Å². The number of carbonyl (C=O) groups excluding carboxylic acids is 1. The van der Waals surface area contributed by atoms with E-state index in [-0.39, 0.29) is 30.3 Å². The van der Waals surface area contributed by atoms with E-state index in [1.54, 1.807) is 6.07 Å². The van der Waals surface area contributed by atoms with E-state index in [0.29, 0.717) is 17.7 Å². The molecule has 0 aliphatic carbocycles. The highest BCUT2D eigenvalue weighted by Crippen LogP contribution is 2.29. The molecule has 3 rings (SSSR count). The molecule has 8 heteroatoms. The molecule has 112 valence electrons. The standard InChI is InChI=1S/C13H14N2O5S/c16-12-6-8-5-9(1-2-11(8)14-12)21(19,20)10-3-4-15(7-10)13(17)18/h1-2,5,10H,3-4,6-7H2,(H,14,16)(H,17,18). The first kappa shape index (κ1) is 13.9. The number of amides is 2. The predicted molar refractivity (Wildman–Crippen MR) is 74.0 cm³/mol. The lowest BCUT2D eigenvalue weighted by Gasteiger charge is -2.13. The third-order valence-electron chi connectivity index (χ3n) is 3.88. The molecule has 2 heterocycles. The third kappa shape index (κ3) is 2.35. The van der Waals surface area contributed by atoms with Gasteiger partial charge in [0.15, 0.2) is 9.84 Å². The van der Waals surface area contributed by atoms with Crippen molar-refractivity contribution in [3.8, 4) is 0 Å². The number of carbonyl (C=O) groups is 2. The predicted octanol–water partition coefficient (Wildman–Crippen LogP) is 0.707. The highest BCUT2D eigenvalue weighted by molar-refractivity contribution is 7.92. The molecule has 0 aromatic heterocycles. The molecule has 1 aromatic rings. The van der Waals surface area contributed by atoms with Crippen molar-refractivity contribution < 1.29 is 23.1 Å². The number of nitrogens with zero attached hydrogens (tertiary/aromatic N) is 1. The van der Waals surface area contributed by atoms with Gasteiger partial charge >= 0.3 is 6.09 Å². The van der Waals surface area contributed by atoms with E-state index in [0.717, 1.165) is 4.90 Å². The number of benzene rings is 1. The van der Waals surface area contributed by atoms with Crippen molar-refractivity contribution in [1.82, 2.24) is 4.90 Å². The maximum absolute atomic E-state index is 12.6. The number of rotatable bonds is 2. The van der Waals surface area contributed by atoms with Crippen molar-refractivity contribution in [3.63, 3.8) is 0 Å². The Morgan fingerprint density at radius 3 is 2.81 bits per heavy atom. The molecule has 1 saturated heterocycles. The second-order valence-corrected chi connectivity index (χ2v) is 7.46. The lowest BCUT2D eigenvalue weighted by molar-refractivity contribution is -0.115. The zero-order valence-corrected chi connectivity index (χ0v) is 11.9. The zero-order chi connectivity index (χ0) is 15.2. The van der Waals surface area contributed by atoms with Gasteiger partial charge in [-0.05, 0) is 30.2 Å². The smallest absolute Gasteiger partial charge is 0.407 e. The topological polar surface area (TPSA) is 104 Å². The van der Waals surface area contributed by atoms with Gasteiger partial charge in [-0.3, -0.25) is 4.79 Å². The Morgan fingerprint density at radius 2 is 2.14 bits per heavy atom. The van der Waals surface area contributed by atoms with Gasteiger partial charge in [-0.2, -0.15) is 0 Å². The van der Waals surface area contributed by atoms with E-state index in [2.05, 4.69) is 5.32 Å². The van der Waals surface area contributed by atoms with Crippen LogP contribution in [0.1, 0.15) is 12.0 Å². The first-order valence-corrected chi connectivity index (χ1v) is 8.07. The van der Waals surface area contributed by atoms with E-state index < -0.39 is 21.2 Å². The van der Waals surface area contributed by atoms with Crippen LogP contribution in [-0.4, -0.2) is 48.8 Å². The van der Waals surface area contributed by atoms with Gasteiger partial charge in [0.05, 0.1) is 16.6 Å². The van der Waals surface area contributed by atoms with Crippen molar-refractivity contribution in [2.24, 2.45) is 0 Å². The average Bonchev–Trinajstić information content (AvgIpc) is 3.03. The third-order valence-corrected chi connectivity index (χ3v) is 6.06. The summed E-state index contributed by atoms with van der Waals surface area (Å²) in [4.78, 5) is 23.4. The number of likely N-dealkylation sites (tertiary alicyclic amines) is 1. The van der Waals surface area contributed by atoms with Gasteiger partial charge in [0.2, 0.25) is 5.91 Å². The molecule has 1 fully saturated rings. The number of hydrogen-bond acceptors (Lipinski definition) is 4. The number of anilines is 1. The Kier molecular flexibility index (Phi) is 3.12. The molecular weight excluding hydrogens is 296 g/mol. The maximum atomic E-state index is 12.6. The van der Waals surface area contributed by atoms with Gasteiger partial charge in [0, 0.05) is 18.8 Å². The Bertz CT molecular complexity index is 728. The Balaban J connectivity index is 1.88. The molecular formula is C13H14N2O5S. The molecule has 21 heavy (non-hydrogen) atoms. The quantitative estimate of drug-likeness (QED) is 0.837. The normalized spacial score (nSPS) is 21.2. The van der Waals surface area contributed by atoms with Crippen LogP contribution in [-0.2, 0) is 21.1 Å². The molecule has 0 saturated carbocycles. The van der Waals surface area contributed by atoms with Crippen molar-refractivity contribution in [2.75, 3.05) is 18.4 Å². The molecule has 0 spiro atoms. The number of hydrogen-bond donors (Lipinski definition) is 2. The summed E-state index contributed by atoms with van der Waals surface area (Å²) < 4.78 is 25.1. The Labute approximate surface area is 121 Å². The van der Waals surface area contributed by atoms with Crippen LogP contribution >= 0.6 is 0 Å². The zero-order valence-electron chi connectivity index (χ0n) is 11.1. The van der Waals surface area contributed by atoms with Gasteiger partial charge < -0.3 is 15.3 Å². The second-order valence-electron chi connectivity index (χ2n) is 5.23. The van der Waals surface area contributed by atoms with Crippen LogP contribution in [0.4, 0.5) is 10.5 Å². The summed E-state index contributed by atoms with van der Waals surface area (Å²) in [6, 6.07) is 4.55. The van der Waals surface area contributed by atoms with E-state index in [4.69, 9.17) is 5.11 Å². The summed E-state index contributed by atoms with van der Waals surface area (Å²) in [5, 5.41) is 10.8. The van der Waals surface area contributed by atoms with Crippen LogP contribution < -0.4 is 5.32 Å². The lowest BCUT2D eigenvalue weighted by Crippen LogP contribution is -2.30. The van der Waals surface area contributed by atoms with Crippen LogP contribution in [0.2, 0.25) is 0 Å². The fraction of sp³-hybridized carbons (Fsp3) is 0.385. The van der Waals surface area contributed by atoms with Crippen LogP contribution in [0.5, 0.6) is 0 Å². The van der Waals surface area contributed by atoms with E-state index >= 15 is 0 Å². The molecule has 0 radical (unpaired) electrons. The lowest BCUT2D eigenvalue weighted by atomic mass is 10.2. The Morgan fingerprint density at radius 1 is 1.38 bits per heavy atom. The molecule has 0 bridgehead atoms. The largest absolute Gasteiger partial charge is 0.465 e. The molecule has 2 aliphatic heterocycles. The minimum atomic E-state index is -3.59. The van der Waals surface area contributed by atoms with Crippen molar-refractivity contribution in [2.45, 2.75) is 23.0 Å². The van der Waals surface area contributed by atoms with Crippen LogP contribution in [0, 0.1) is 0 Å². The second kappa shape index (κ2) is 4.73. The fourth-order valence-electron chi connectivity index (χ4n) is 2.73. The minimum Gasteiger partial charge on any atom is -0.465 e. The summed E-state index contributed by atoms with van der Waals surface area (Å²) in [5.41, 5.74) is 1.30. The van der Waals surface area contributed by atoms with Crippen LogP contribution in [0.3, 0.4) is 0 Å². The van der Waals surface area contributed by atoms with Crippen molar-refractivity contribution >= 4 is 27.5 Å². The number of carboxylic acid groups (broad SMARTS) is 1. The van der Waals surface area contributed by atoms with Gasteiger partial charge in [-0.25, -0.2) is 13.2 Å². The summed E-state index contributed by atoms with van der Waals surface area (Å²) in [6.45, 7) is 0.218. The number of fused-ring (bicyclic) bond motifs is 1. The Hall–Kier alpha value is -2.09. The summed E-state index contributed by atoms with van der Waals surface area (Å²) in [5.74, 6) is -0.155. The summed E-state index contributed by atoms with van der Waals surface area (Å²) in [7, 11) is -3.59. The van der Waals surface area contributed by atoms with Gasteiger partial charge in [0.25, 0.3) is 0 Å². The van der Waals surface area contributed by atoms with Gasteiger partial charge in [0.1, 0.15) is 0 Å². The SMILES string of the molecule is O=C1Cc2cc(S(=O)(=O)C3CCN(C(=O)O)C3)ccc2N1. The van der Waals surface area contributed by atoms with Crippen LogP contribution in [0.15, 0.2) is 23.1 Å². The maximum Gasteiger partial charge on any atom is 0.407 e. The average molecular weight is 310 g/mol. The summed E-state index contributed by atoms with van der Waals surface area (Å²) >= 11 is 0. The summed E-state index contributed by atoms with van der Waals surface area (Å²) in [6.07, 6.45) is -0.635. The van der Waals surface area contributed by atoms with E-state index in [9.17, 15) is 18.0 Å². The van der Waals surface area contributed by atoms with Crippen LogP contribution in [0.25, 0.3) is 0 Å². The first-order chi connectivity index (χ1) is 9.88. The van der Waals surface area contributed by atoms with Crippen molar-refractivity contribution in [3.05, 3.63) is 23.8 Å². The first-order valence-electron chi connectivity index (χ1n) is 6.52. The van der Waals surface area contributed by atoms with Gasteiger partial charge in [-0.1, -0.05) is 0 Å². The molecule has 1 unspecified atom stereocenters. The minimum absolute atomic E-state index is 0.00800. The molecule has 2 amide bonds. The molecule has 1 aromatic carbocycles.